The van der Waals surface area contributed by atoms with Crippen molar-refractivity contribution in [2.24, 2.45) is 0 Å². The Hall–Kier alpha value is -0.350. The van der Waals surface area contributed by atoms with Crippen molar-refractivity contribution in [3.63, 3.8) is 0 Å². The fourth-order valence-electron chi connectivity index (χ4n) is 1.91. The molecule has 94 valence electrons. The van der Waals surface area contributed by atoms with Crippen LogP contribution >= 0.6 is 38.9 Å². The van der Waals surface area contributed by atoms with Gasteiger partial charge in [0.2, 0.25) is 0 Å². The number of hydrogen-bond acceptors (Lipinski definition) is 2. The van der Waals surface area contributed by atoms with Crippen LogP contribution in [-0.4, -0.2) is 6.04 Å². The molecule has 0 saturated heterocycles. The van der Waals surface area contributed by atoms with E-state index in [0.717, 1.165) is 16.0 Å². The first kappa shape index (κ1) is 12.7. The zero-order chi connectivity index (χ0) is 12.5. The van der Waals surface area contributed by atoms with E-state index in [4.69, 9.17) is 11.6 Å². The lowest BCUT2D eigenvalue weighted by Gasteiger charge is -2.08. The molecule has 3 rings (SSSR count). The minimum atomic E-state index is 0.706. The van der Waals surface area contributed by atoms with Crippen LogP contribution in [0.2, 0.25) is 5.02 Å². The Labute approximate surface area is 124 Å². The molecule has 0 aliphatic heterocycles. The van der Waals surface area contributed by atoms with E-state index in [0.29, 0.717) is 6.04 Å². The molecule has 1 fully saturated rings. The fourth-order valence-corrected chi connectivity index (χ4v) is 3.62. The number of benzene rings is 1. The van der Waals surface area contributed by atoms with Gasteiger partial charge in [-0.3, -0.25) is 0 Å². The molecule has 2 aromatic rings. The highest BCUT2D eigenvalue weighted by molar-refractivity contribution is 9.10. The van der Waals surface area contributed by atoms with Gasteiger partial charge in [0.15, 0.2) is 0 Å². The van der Waals surface area contributed by atoms with Crippen LogP contribution in [0.4, 0.5) is 0 Å². The lowest BCUT2D eigenvalue weighted by molar-refractivity contribution is 0.688. The Bertz CT molecular complexity index is 563. The summed E-state index contributed by atoms with van der Waals surface area (Å²) in [6.45, 7) is 0.860. The maximum Gasteiger partial charge on any atom is 0.0451 e. The molecule has 0 bridgehead atoms. The van der Waals surface area contributed by atoms with Crippen molar-refractivity contribution < 1.29 is 0 Å². The summed E-state index contributed by atoms with van der Waals surface area (Å²) in [6.07, 6.45) is 2.60. The van der Waals surface area contributed by atoms with Crippen LogP contribution in [-0.2, 0) is 6.54 Å². The van der Waals surface area contributed by atoms with Gasteiger partial charge < -0.3 is 5.32 Å². The monoisotopic (exact) mass is 341 g/mol. The quantitative estimate of drug-likeness (QED) is 0.816. The second-order valence-electron chi connectivity index (χ2n) is 4.59. The Morgan fingerprint density at radius 3 is 2.83 bits per heavy atom. The van der Waals surface area contributed by atoms with Crippen LogP contribution in [0.3, 0.4) is 0 Å². The topological polar surface area (TPSA) is 12.0 Å². The second-order valence-corrected chi connectivity index (χ2v) is 6.60. The first-order valence-corrected chi connectivity index (χ1v) is 8.09. The molecule has 0 spiro atoms. The fraction of sp³-hybridized carbons (Fsp3) is 0.286. The van der Waals surface area contributed by atoms with Crippen molar-refractivity contribution in [2.45, 2.75) is 25.4 Å². The Balaban J connectivity index is 1.87. The molecule has 1 aromatic carbocycles. The third-order valence-corrected chi connectivity index (χ3v) is 5.20. The van der Waals surface area contributed by atoms with E-state index in [9.17, 15) is 0 Å². The van der Waals surface area contributed by atoms with E-state index in [1.165, 1.54) is 29.5 Å². The molecule has 1 aliphatic rings. The lowest BCUT2D eigenvalue weighted by atomic mass is 10.1. The van der Waals surface area contributed by atoms with Crippen LogP contribution < -0.4 is 5.32 Å². The van der Waals surface area contributed by atoms with Gasteiger partial charge in [-0.1, -0.05) is 17.7 Å². The predicted octanol–water partition coefficient (Wildman–Crippen LogP) is 5.08. The van der Waals surface area contributed by atoms with Gasteiger partial charge in [0, 0.05) is 33.0 Å². The van der Waals surface area contributed by atoms with Crippen molar-refractivity contribution in [3.05, 3.63) is 44.0 Å². The smallest absolute Gasteiger partial charge is 0.0451 e. The molecule has 0 radical (unpaired) electrons. The second kappa shape index (κ2) is 5.33. The summed E-state index contributed by atoms with van der Waals surface area (Å²) in [7, 11) is 0. The van der Waals surface area contributed by atoms with E-state index >= 15 is 0 Å². The number of nitrogens with one attached hydrogen (secondary N) is 1. The van der Waals surface area contributed by atoms with E-state index < -0.39 is 0 Å². The molecule has 4 heteroatoms. The van der Waals surface area contributed by atoms with Gasteiger partial charge in [-0.15, -0.1) is 0 Å². The Morgan fingerprint density at radius 1 is 1.33 bits per heavy atom. The van der Waals surface area contributed by atoms with E-state index in [1.54, 1.807) is 11.3 Å². The normalized spacial score (nSPS) is 15.0. The predicted molar refractivity (Wildman–Crippen MR) is 82.3 cm³/mol. The van der Waals surface area contributed by atoms with Crippen LogP contribution in [0.1, 0.15) is 18.4 Å². The maximum absolute atomic E-state index is 6.25. The summed E-state index contributed by atoms with van der Waals surface area (Å²) in [5, 5.41) is 8.61. The van der Waals surface area contributed by atoms with E-state index in [2.05, 4.69) is 44.1 Å². The van der Waals surface area contributed by atoms with E-state index in [1.807, 2.05) is 6.07 Å². The molecular formula is C14H13BrClNS. The number of halogens is 2. The van der Waals surface area contributed by atoms with Crippen molar-refractivity contribution in [2.75, 3.05) is 0 Å². The molecule has 0 unspecified atom stereocenters. The molecule has 18 heavy (non-hydrogen) atoms. The molecule has 1 heterocycles. The molecule has 0 amide bonds. The van der Waals surface area contributed by atoms with Gasteiger partial charge in [0.1, 0.15) is 0 Å². The molecule has 1 aliphatic carbocycles. The average molecular weight is 343 g/mol. The van der Waals surface area contributed by atoms with Gasteiger partial charge in [0.05, 0.1) is 0 Å². The van der Waals surface area contributed by atoms with Crippen molar-refractivity contribution in [1.82, 2.24) is 5.32 Å². The Morgan fingerprint density at radius 2 is 2.17 bits per heavy atom. The maximum atomic E-state index is 6.25. The summed E-state index contributed by atoms with van der Waals surface area (Å²) in [5.74, 6) is 0. The zero-order valence-electron chi connectivity index (χ0n) is 9.75. The first-order chi connectivity index (χ1) is 8.74. The van der Waals surface area contributed by atoms with Gasteiger partial charge in [-0.25, -0.2) is 0 Å². The van der Waals surface area contributed by atoms with Crippen LogP contribution in [0.5, 0.6) is 0 Å². The molecule has 0 atom stereocenters. The molecule has 1 N–H and O–H groups in total. The number of hydrogen-bond donors (Lipinski definition) is 1. The first-order valence-electron chi connectivity index (χ1n) is 5.98. The molecule has 1 saturated carbocycles. The van der Waals surface area contributed by atoms with Gasteiger partial charge >= 0.3 is 0 Å². The summed E-state index contributed by atoms with van der Waals surface area (Å²) in [6, 6.07) is 6.96. The van der Waals surface area contributed by atoms with Gasteiger partial charge in [-0.2, -0.15) is 11.3 Å². The van der Waals surface area contributed by atoms with Crippen LogP contribution in [0.25, 0.3) is 11.1 Å². The lowest BCUT2D eigenvalue weighted by Crippen LogP contribution is -2.15. The van der Waals surface area contributed by atoms with Crippen molar-refractivity contribution in [3.8, 4) is 11.1 Å². The molecule has 1 nitrogen and oxygen atoms in total. The highest BCUT2D eigenvalue weighted by Crippen LogP contribution is 2.33. The number of rotatable bonds is 4. The summed E-state index contributed by atoms with van der Waals surface area (Å²) in [5.41, 5.74) is 3.64. The highest BCUT2D eigenvalue weighted by atomic mass is 79.9. The minimum Gasteiger partial charge on any atom is -0.310 e. The van der Waals surface area contributed by atoms with Gasteiger partial charge in [0.25, 0.3) is 0 Å². The standard InChI is InChI=1S/C14H13BrClNS/c15-13-8-18-7-12(13)9-1-4-14(16)10(5-9)6-17-11-2-3-11/h1,4-5,7-8,11,17H,2-3,6H2. The third-order valence-electron chi connectivity index (χ3n) is 3.13. The number of thiophene rings is 1. The van der Waals surface area contributed by atoms with E-state index in [-0.39, 0.29) is 0 Å². The minimum absolute atomic E-state index is 0.706. The molecular weight excluding hydrogens is 330 g/mol. The zero-order valence-corrected chi connectivity index (χ0v) is 12.9. The SMILES string of the molecule is Clc1ccc(-c2cscc2Br)cc1CNC1CC1. The largest absolute Gasteiger partial charge is 0.310 e. The Kier molecular flexibility index (Phi) is 3.76. The highest BCUT2D eigenvalue weighted by Gasteiger charge is 2.20. The average Bonchev–Trinajstić information content (AvgIpc) is 3.10. The summed E-state index contributed by atoms with van der Waals surface area (Å²) in [4.78, 5) is 0. The summed E-state index contributed by atoms with van der Waals surface area (Å²) < 4.78 is 1.15. The van der Waals surface area contributed by atoms with Crippen molar-refractivity contribution in [1.29, 1.82) is 0 Å². The third kappa shape index (κ3) is 2.80. The van der Waals surface area contributed by atoms with Gasteiger partial charge in [-0.05, 0) is 57.4 Å². The van der Waals surface area contributed by atoms with Crippen LogP contribution in [0.15, 0.2) is 33.4 Å². The van der Waals surface area contributed by atoms with Crippen molar-refractivity contribution >= 4 is 38.9 Å². The summed E-state index contributed by atoms with van der Waals surface area (Å²) >= 11 is 11.5. The molecule has 1 aromatic heterocycles. The van der Waals surface area contributed by atoms with Crippen LogP contribution in [0, 0.1) is 0 Å².